The Kier molecular flexibility index (Phi) is 4.37. The van der Waals surface area contributed by atoms with Gasteiger partial charge in [0.1, 0.15) is 11.6 Å². The molecule has 118 valence electrons. The molecule has 2 aromatic carbocycles. The summed E-state index contributed by atoms with van der Waals surface area (Å²) in [6, 6.07) is 11.1. The Morgan fingerprint density at radius 3 is 2.78 bits per heavy atom. The number of carbonyl (C=O) groups is 1. The molecular formula is C18H16F2N2O. The maximum atomic E-state index is 13.5. The highest BCUT2D eigenvalue weighted by Gasteiger charge is 2.09. The lowest BCUT2D eigenvalue weighted by molar-refractivity contribution is -0.120. The number of fused-ring (bicyclic) bond motifs is 1. The molecule has 3 aromatic rings. The van der Waals surface area contributed by atoms with E-state index in [4.69, 9.17) is 0 Å². The number of hydrogen-bond donors (Lipinski definition) is 2. The van der Waals surface area contributed by atoms with Crippen LogP contribution >= 0.6 is 0 Å². The molecule has 0 saturated heterocycles. The average Bonchev–Trinajstić information content (AvgIpc) is 2.94. The molecule has 3 nitrogen and oxygen atoms in total. The van der Waals surface area contributed by atoms with Crippen LogP contribution in [0.4, 0.5) is 8.78 Å². The zero-order chi connectivity index (χ0) is 16.2. The van der Waals surface area contributed by atoms with Crippen LogP contribution in [0.5, 0.6) is 0 Å². The molecule has 3 rings (SSSR count). The zero-order valence-electron chi connectivity index (χ0n) is 12.4. The number of carbonyl (C=O) groups excluding carboxylic acids is 1. The first-order valence-electron chi connectivity index (χ1n) is 7.39. The van der Waals surface area contributed by atoms with Gasteiger partial charge >= 0.3 is 0 Å². The van der Waals surface area contributed by atoms with Crippen LogP contribution in [0.15, 0.2) is 48.7 Å². The van der Waals surface area contributed by atoms with Crippen LogP contribution in [0.2, 0.25) is 0 Å². The largest absolute Gasteiger partial charge is 0.361 e. The molecule has 23 heavy (non-hydrogen) atoms. The van der Waals surface area contributed by atoms with E-state index in [1.807, 2.05) is 30.5 Å². The van der Waals surface area contributed by atoms with Gasteiger partial charge in [0.05, 0.1) is 6.42 Å². The summed E-state index contributed by atoms with van der Waals surface area (Å²) in [6.45, 7) is 0.265. The Labute approximate surface area is 132 Å². The number of aromatic nitrogens is 1. The minimum absolute atomic E-state index is 0.147. The SMILES string of the molecule is O=C(Cc1c[nH]c2ccccc12)NCCc1cc(F)ccc1F. The first-order chi connectivity index (χ1) is 11.1. The second kappa shape index (κ2) is 6.60. The van der Waals surface area contributed by atoms with Crippen molar-refractivity contribution >= 4 is 16.8 Å². The molecular weight excluding hydrogens is 298 g/mol. The van der Waals surface area contributed by atoms with Crippen molar-refractivity contribution in [3.8, 4) is 0 Å². The summed E-state index contributed by atoms with van der Waals surface area (Å²) >= 11 is 0. The molecule has 0 aliphatic rings. The molecule has 0 bridgehead atoms. The van der Waals surface area contributed by atoms with Crippen molar-refractivity contribution in [1.29, 1.82) is 0 Å². The Hall–Kier alpha value is -2.69. The van der Waals surface area contributed by atoms with E-state index in [2.05, 4.69) is 10.3 Å². The van der Waals surface area contributed by atoms with Crippen LogP contribution in [-0.4, -0.2) is 17.4 Å². The van der Waals surface area contributed by atoms with Gasteiger partial charge < -0.3 is 10.3 Å². The van der Waals surface area contributed by atoms with Crippen molar-refractivity contribution in [3.63, 3.8) is 0 Å². The van der Waals surface area contributed by atoms with Crippen LogP contribution in [0, 0.1) is 11.6 Å². The smallest absolute Gasteiger partial charge is 0.224 e. The molecule has 0 saturated carbocycles. The fourth-order valence-electron chi connectivity index (χ4n) is 2.58. The predicted octanol–water partition coefficient (Wildman–Crippen LogP) is 3.35. The number of benzene rings is 2. The maximum Gasteiger partial charge on any atom is 0.224 e. The van der Waals surface area contributed by atoms with Gasteiger partial charge in [0.2, 0.25) is 5.91 Å². The zero-order valence-corrected chi connectivity index (χ0v) is 12.4. The highest BCUT2D eigenvalue weighted by atomic mass is 19.1. The van der Waals surface area contributed by atoms with Crippen molar-refractivity contribution < 1.29 is 13.6 Å². The molecule has 5 heteroatoms. The average molecular weight is 314 g/mol. The van der Waals surface area contributed by atoms with Gasteiger partial charge in [0, 0.05) is 23.6 Å². The molecule has 0 aliphatic heterocycles. The molecule has 0 fully saturated rings. The summed E-state index contributed by atoms with van der Waals surface area (Å²) in [5, 5.41) is 3.75. The third-order valence-electron chi connectivity index (χ3n) is 3.75. The number of amides is 1. The highest BCUT2D eigenvalue weighted by Crippen LogP contribution is 2.18. The lowest BCUT2D eigenvalue weighted by atomic mass is 10.1. The normalized spacial score (nSPS) is 10.9. The van der Waals surface area contributed by atoms with Gasteiger partial charge in [0.25, 0.3) is 0 Å². The number of halogens is 2. The van der Waals surface area contributed by atoms with Gasteiger partial charge in [0.15, 0.2) is 0 Å². The number of rotatable bonds is 5. The predicted molar refractivity (Wildman–Crippen MR) is 85.1 cm³/mol. The molecule has 1 heterocycles. The highest BCUT2D eigenvalue weighted by molar-refractivity contribution is 5.88. The summed E-state index contributed by atoms with van der Waals surface area (Å²) in [5.41, 5.74) is 2.16. The Morgan fingerprint density at radius 2 is 1.91 bits per heavy atom. The summed E-state index contributed by atoms with van der Waals surface area (Å²) in [5.74, 6) is -1.09. The minimum atomic E-state index is -0.480. The van der Waals surface area contributed by atoms with Crippen molar-refractivity contribution in [3.05, 3.63) is 71.4 Å². The first-order valence-corrected chi connectivity index (χ1v) is 7.39. The second-order valence-corrected chi connectivity index (χ2v) is 5.37. The fraction of sp³-hybridized carbons (Fsp3) is 0.167. The van der Waals surface area contributed by atoms with E-state index in [9.17, 15) is 13.6 Å². The number of aromatic amines is 1. The molecule has 1 amide bonds. The van der Waals surface area contributed by atoms with E-state index in [0.717, 1.165) is 34.7 Å². The number of nitrogens with one attached hydrogen (secondary N) is 2. The van der Waals surface area contributed by atoms with E-state index in [-0.39, 0.29) is 30.9 Å². The Balaban J connectivity index is 1.57. The molecule has 1 aromatic heterocycles. The summed E-state index contributed by atoms with van der Waals surface area (Å²) in [6.07, 6.45) is 2.31. The van der Waals surface area contributed by atoms with Gasteiger partial charge in [-0.1, -0.05) is 18.2 Å². The maximum absolute atomic E-state index is 13.5. The fourth-order valence-corrected chi connectivity index (χ4v) is 2.58. The lowest BCUT2D eigenvalue weighted by Gasteiger charge is -2.06. The van der Waals surface area contributed by atoms with E-state index < -0.39 is 11.6 Å². The Morgan fingerprint density at radius 1 is 1.09 bits per heavy atom. The van der Waals surface area contributed by atoms with Crippen molar-refractivity contribution in [2.75, 3.05) is 6.54 Å². The number of para-hydroxylation sites is 1. The van der Waals surface area contributed by atoms with Crippen LogP contribution in [0.1, 0.15) is 11.1 Å². The van der Waals surface area contributed by atoms with Crippen LogP contribution < -0.4 is 5.32 Å². The molecule has 0 aliphatic carbocycles. The van der Waals surface area contributed by atoms with E-state index in [1.54, 1.807) is 0 Å². The Bertz CT molecular complexity index is 842. The monoisotopic (exact) mass is 314 g/mol. The number of H-pyrrole nitrogens is 1. The molecule has 0 spiro atoms. The standard InChI is InChI=1S/C18H16F2N2O/c19-14-5-6-16(20)12(9-14)7-8-21-18(23)10-13-11-22-17-4-2-1-3-15(13)17/h1-6,9,11,22H,7-8,10H2,(H,21,23). The van der Waals surface area contributed by atoms with Crippen LogP contribution in [-0.2, 0) is 17.6 Å². The van der Waals surface area contributed by atoms with E-state index in [0.29, 0.717) is 0 Å². The second-order valence-electron chi connectivity index (χ2n) is 5.37. The van der Waals surface area contributed by atoms with Crippen molar-refractivity contribution in [2.24, 2.45) is 0 Å². The van der Waals surface area contributed by atoms with E-state index in [1.165, 1.54) is 0 Å². The van der Waals surface area contributed by atoms with Gasteiger partial charge in [-0.2, -0.15) is 0 Å². The van der Waals surface area contributed by atoms with Crippen molar-refractivity contribution in [1.82, 2.24) is 10.3 Å². The molecule has 0 atom stereocenters. The van der Waals surface area contributed by atoms with Crippen LogP contribution in [0.3, 0.4) is 0 Å². The molecule has 0 radical (unpaired) electrons. The molecule has 2 N–H and O–H groups in total. The van der Waals surface area contributed by atoms with Crippen molar-refractivity contribution in [2.45, 2.75) is 12.8 Å². The summed E-state index contributed by atoms with van der Waals surface area (Å²) in [7, 11) is 0. The van der Waals surface area contributed by atoms with E-state index >= 15 is 0 Å². The van der Waals surface area contributed by atoms with Gasteiger partial charge in [-0.3, -0.25) is 4.79 Å². The van der Waals surface area contributed by atoms with Gasteiger partial charge in [-0.25, -0.2) is 8.78 Å². The third-order valence-corrected chi connectivity index (χ3v) is 3.75. The van der Waals surface area contributed by atoms with Gasteiger partial charge in [-0.05, 0) is 41.8 Å². The topological polar surface area (TPSA) is 44.9 Å². The number of hydrogen-bond acceptors (Lipinski definition) is 1. The van der Waals surface area contributed by atoms with Crippen LogP contribution in [0.25, 0.3) is 10.9 Å². The lowest BCUT2D eigenvalue weighted by Crippen LogP contribution is -2.27. The minimum Gasteiger partial charge on any atom is -0.361 e. The first kappa shape index (κ1) is 15.2. The van der Waals surface area contributed by atoms with Gasteiger partial charge in [-0.15, -0.1) is 0 Å². The quantitative estimate of drug-likeness (QED) is 0.745. The molecule has 0 unspecified atom stereocenters. The third kappa shape index (κ3) is 3.56. The summed E-state index contributed by atoms with van der Waals surface area (Å²) in [4.78, 5) is 15.1. The summed E-state index contributed by atoms with van der Waals surface area (Å²) < 4.78 is 26.6.